The van der Waals surface area contributed by atoms with Crippen molar-refractivity contribution in [2.45, 2.75) is 64.6 Å². The molecular formula is C12H21FO2. The van der Waals surface area contributed by atoms with Crippen molar-refractivity contribution in [3.63, 3.8) is 0 Å². The molecule has 88 valence electrons. The van der Waals surface area contributed by atoms with Gasteiger partial charge in [0.05, 0.1) is 0 Å². The summed E-state index contributed by atoms with van der Waals surface area (Å²) in [5.41, 5.74) is -0.516. The third-order valence-electron chi connectivity index (χ3n) is 3.28. The number of halogens is 1. The van der Waals surface area contributed by atoms with Crippen LogP contribution in [0.4, 0.5) is 4.39 Å². The van der Waals surface area contributed by atoms with Crippen LogP contribution < -0.4 is 0 Å². The zero-order valence-electron chi connectivity index (χ0n) is 9.88. The Morgan fingerprint density at radius 1 is 1.33 bits per heavy atom. The van der Waals surface area contributed by atoms with Gasteiger partial charge >= 0.3 is 5.97 Å². The van der Waals surface area contributed by atoms with Crippen LogP contribution in [0, 0.1) is 5.92 Å². The largest absolute Gasteiger partial charge is 0.457 e. The van der Waals surface area contributed by atoms with Crippen molar-refractivity contribution in [3.8, 4) is 0 Å². The van der Waals surface area contributed by atoms with Gasteiger partial charge in [-0.15, -0.1) is 0 Å². The number of alkyl halides is 1. The second kappa shape index (κ2) is 4.95. The lowest BCUT2D eigenvalue weighted by Crippen LogP contribution is -2.39. The first kappa shape index (κ1) is 12.5. The van der Waals surface area contributed by atoms with E-state index in [1.807, 2.05) is 13.8 Å². The fourth-order valence-corrected chi connectivity index (χ4v) is 2.22. The average molecular weight is 216 g/mol. The van der Waals surface area contributed by atoms with Crippen molar-refractivity contribution in [3.05, 3.63) is 0 Å². The van der Waals surface area contributed by atoms with Gasteiger partial charge < -0.3 is 4.74 Å². The highest BCUT2D eigenvalue weighted by atomic mass is 19.1. The minimum absolute atomic E-state index is 0.383. The fourth-order valence-electron chi connectivity index (χ4n) is 2.22. The van der Waals surface area contributed by atoms with E-state index in [4.69, 9.17) is 4.74 Å². The van der Waals surface area contributed by atoms with Gasteiger partial charge in [-0.2, -0.15) is 0 Å². The van der Waals surface area contributed by atoms with Crippen LogP contribution in [0.15, 0.2) is 0 Å². The Labute approximate surface area is 91.2 Å². The number of hydrogen-bond acceptors (Lipinski definition) is 2. The van der Waals surface area contributed by atoms with Crippen LogP contribution in [-0.4, -0.2) is 17.7 Å². The van der Waals surface area contributed by atoms with Crippen molar-refractivity contribution in [1.82, 2.24) is 0 Å². The van der Waals surface area contributed by atoms with E-state index >= 15 is 0 Å². The fraction of sp³-hybridized carbons (Fsp3) is 0.917. The Morgan fingerprint density at radius 2 is 1.87 bits per heavy atom. The molecule has 1 aliphatic rings. The van der Waals surface area contributed by atoms with Crippen LogP contribution in [0.5, 0.6) is 0 Å². The molecule has 1 fully saturated rings. The summed E-state index contributed by atoms with van der Waals surface area (Å²) in [5, 5.41) is 0. The van der Waals surface area contributed by atoms with Crippen molar-refractivity contribution >= 4 is 5.97 Å². The van der Waals surface area contributed by atoms with Gasteiger partial charge in [0.15, 0.2) is 6.17 Å². The summed E-state index contributed by atoms with van der Waals surface area (Å²) in [6.45, 7) is 5.01. The number of carbonyl (C=O) groups is 1. The molecule has 2 nitrogen and oxygen atoms in total. The van der Waals surface area contributed by atoms with E-state index in [0.29, 0.717) is 5.92 Å². The Kier molecular flexibility index (Phi) is 4.12. The summed E-state index contributed by atoms with van der Waals surface area (Å²) in [6.07, 6.45) is 4.29. The second-order valence-electron chi connectivity index (χ2n) is 4.98. The molecule has 0 aromatic carbocycles. The van der Waals surface area contributed by atoms with Crippen LogP contribution in [0.1, 0.15) is 52.9 Å². The zero-order chi connectivity index (χ0) is 11.5. The highest BCUT2D eigenvalue weighted by Crippen LogP contribution is 2.34. The molecule has 1 atom stereocenters. The summed E-state index contributed by atoms with van der Waals surface area (Å²) in [7, 11) is 0. The summed E-state index contributed by atoms with van der Waals surface area (Å²) in [5.74, 6) is -0.348. The van der Waals surface area contributed by atoms with Gasteiger partial charge in [0.25, 0.3) is 0 Å². The maximum absolute atomic E-state index is 12.7. The molecule has 1 unspecified atom stereocenters. The monoisotopic (exact) mass is 216 g/mol. The highest BCUT2D eigenvalue weighted by molar-refractivity contribution is 5.74. The van der Waals surface area contributed by atoms with Crippen molar-refractivity contribution in [1.29, 1.82) is 0 Å². The third kappa shape index (κ3) is 3.47. The molecule has 0 heterocycles. The predicted molar refractivity (Wildman–Crippen MR) is 57.3 cm³/mol. The van der Waals surface area contributed by atoms with Gasteiger partial charge in [0.2, 0.25) is 0 Å². The first-order valence-corrected chi connectivity index (χ1v) is 5.80. The van der Waals surface area contributed by atoms with Crippen LogP contribution in [0.25, 0.3) is 0 Å². The lowest BCUT2D eigenvalue weighted by molar-refractivity contribution is -0.168. The van der Waals surface area contributed by atoms with Crippen LogP contribution in [0.3, 0.4) is 0 Å². The normalized spacial score (nSPS) is 21.1. The van der Waals surface area contributed by atoms with Crippen LogP contribution in [0.2, 0.25) is 0 Å². The van der Waals surface area contributed by atoms with E-state index in [1.165, 1.54) is 26.2 Å². The van der Waals surface area contributed by atoms with Gasteiger partial charge in [-0.1, -0.05) is 19.3 Å². The van der Waals surface area contributed by atoms with Gasteiger partial charge in [-0.25, -0.2) is 9.18 Å². The molecule has 0 aromatic rings. The van der Waals surface area contributed by atoms with Crippen molar-refractivity contribution in [2.75, 3.05) is 0 Å². The van der Waals surface area contributed by atoms with E-state index < -0.39 is 17.7 Å². The van der Waals surface area contributed by atoms with E-state index in [2.05, 4.69) is 0 Å². The first-order chi connectivity index (χ1) is 6.93. The van der Waals surface area contributed by atoms with E-state index in [9.17, 15) is 9.18 Å². The summed E-state index contributed by atoms with van der Waals surface area (Å²) >= 11 is 0. The molecule has 0 N–H and O–H groups in total. The molecule has 3 heteroatoms. The molecule has 0 saturated heterocycles. The summed E-state index contributed by atoms with van der Waals surface area (Å²) < 4.78 is 17.9. The van der Waals surface area contributed by atoms with E-state index in [1.54, 1.807) is 0 Å². The second-order valence-corrected chi connectivity index (χ2v) is 4.98. The van der Waals surface area contributed by atoms with Crippen molar-refractivity contribution < 1.29 is 13.9 Å². The molecule has 1 aliphatic carbocycles. The van der Waals surface area contributed by atoms with Gasteiger partial charge in [0, 0.05) is 0 Å². The van der Waals surface area contributed by atoms with Crippen molar-refractivity contribution in [2.24, 2.45) is 5.92 Å². The van der Waals surface area contributed by atoms with Gasteiger partial charge in [0.1, 0.15) is 5.60 Å². The van der Waals surface area contributed by atoms with E-state index in [0.717, 1.165) is 12.8 Å². The quantitative estimate of drug-likeness (QED) is 0.677. The Morgan fingerprint density at radius 3 is 2.33 bits per heavy atom. The number of hydrogen-bond donors (Lipinski definition) is 0. The average Bonchev–Trinajstić information content (AvgIpc) is 2.18. The lowest BCUT2D eigenvalue weighted by Gasteiger charge is -2.36. The number of ether oxygens (including phenoxy) is 1. The maximum Gasteiger partial charge on any atom is 0.340 e. The molecule has 0 amide bonds. The summed E-state index contributed by atoms with van der Waals surface area (Å²) in [6, 6.07) is 0. The molecular weight excluding hydrogens is 195 g/mol. The maximum atomic E-state index is 12.7. The smallest absolute Gasteiger partial charge is 0.340 e. The topological polar surface area (TPSA) is 26.3 Å². The molecule has 1 saturated carbocycles. The van der Waals surface area contributed by atoms with Crippen LogP contribution >= 0.6 is 0 Å². The third-order valence-corrected chi connectivity index (χ3v) is 3.28. The minimum Gasteiger partial charge on any atom is -0.457 e. The number of carbonyl (C=O) groups excluding carboxylic acids is 1. The minimum atomic E-state index is -1.52. The number of esters is 1. The molecule has 0 aromatic heterocycles. The Bertz CT molecular complexity index is 218. The lowest BCUT2D eigenvalue weighted by atomic mass is 9.79. The standard InChI is InChI=1S/C12H21FO2/c1-9(13)11(14)15-12(2,3)10-7-5-4-6-8-10/h9-10H,4-8H2,1-3H3. The Balaban J connectivity index is 2.52. The number of rotatable bonds is 3. The van der Waals surface area contributed by atoms with Gasteiger partial charge in [-0.3, -0.25) is 0 Å². The van der Waals surface area contributed by atoms with E-state index in [-0.39, 0.29) is 0 Å². The molecule has 0 bridgehead atoms. The molecule has 0 radical (unpaired) electrons. The van der Waals surface area contributed by atoms with Crippen LogP contribution in [-0.2, 0) is 9.53 Å². The summed E-state index contributed by atoms with van der Waals surface area (Å²) in [4.78, 5) is 11.2. The SMILES string of the molecule is CC(F)C(=O)OC(C)(C)C1CCCCC1. The predicted octanol–water partition coefficient (Wildman–Crippen LogP) is 3.25. The molecule has 1 rings (SSSR count). The molecule has 0 spiro atoms. The highest BCUT2D eigenvalue weighted by Gasteiger charge is 2.35. The Hall–Kier alpha value is -0.600. The van der Waals surface area contributed by atoms with Gasteiger partial charge in [-0.05, 0) is 39.5 Å². The molecule has 0 aliphatic heterocycles. The zero-order valence-corrected chi connectivity index (χ0v) is 9.88. The molecule has 15 heavy (non-hydrogen) atoms. The first-order valence-electron chi connectivity index (χ1n) is 5.80.